The fraction of sp³-hybridized carbons (Fsp3) is 0.436. The first-order valence-electron chi connectivity index (χ1n) is 36.0. The molecule has 0 saturated carbocycles. The minimum atomic E-state index is -3.22. The van der Waals surface area contributed by atoms with Crippen LogP contribution >= 0.6 is 120 Å². The molecule has 0 spiro atoms. The van der Waals surface area contributed by atoms with Crippen molar-refractivity contribution in [2.75, 3.05) is 57.3 Å². The Labute approximate surface area is 711 Å². The highest BCUT2D eigenvalue weighted by molar-refractivity contribution is 8.24. The summed E-state index contributed by atoms with van der Waals surface area (Å²) in [6, 6.07) is 10.2. The first kappa shape index (κ1) is 93.4. The van der Waals surface area contributed by atoms with Gasteiger partial charge >= 0.3 is 17.4 Å². The van der Waals surface area contributed by atoms with Crippen molar-refractivity contribution in [1.82, 2.24) is 58.7 Å². The minimum Gasteiger partial charge on any atom is -0.518 e. The van der Waals surface area contributed by atoms with Crippen molar-refractivity contribution in [3.63, 3.8) is 0 Å². The molecule has 11 rings (SSSR count). The van der Waals surface area contributed by atoms with Crippen molar-refractivity contribution >= 4 is 188 Å². The summed E-state index contributed by atoms with van der Waals surface area (Å²) in [5, 5.41) is 12.2. The first-order valence-corrected chi connectivity index (χ1v) is 43.1. The highest BCUT2D eigenvalue weighted by Crippen LogP contribution is 2.61. The maximum absolute atomic E-state index is 14.2. The average molecular weight is 1780 g/mol. The van der Waals surface area contributed by atoms with Crippen LogP contribution < -0.4 is 26.9 Å². The molecule has 0 aliphatic carbocycles. The molecular formula is C78H87Cl10N16O9P. The number of ether oxygens (including phenoxy) is 2. The Morgan fingerprint density at radius 3 is 1.11 bits per heavy atom. The third-order valence-electron chi connectivity index (χ3n) is 17.5. The second-order valence-corrected chi connectivity index (χ2v) is 39.4. The van der Waals surface area contributed by atoms with Gasteiger partial charge in [-0.25, -0.2) is 39.1 Å². The number of nitrogens with one attached hydrogen (secondary N) is 1. The zero-order chi connectivity index (χ0) is 85.4. The van der Waals surface area contributed by atoms with E-state index >= 15 is 0 Å². The number of hydrogen-bond donors (Lipinski definition) is 2. The smallest absolute Gasteiger partial charge is 0.410 e. The number of hydrogen-bond acceptors (Lipinski definition) is 17. The number of rotatable bonds is 10. The number of piperazine rings is 2. The number of anilines is 1. The number of fused-ring (bicyclic) bond motifs is 3. The van der Waals surface area contributed by atoms with Gasteiger partial charge < -0.3 is 34.6 Å². The lowest BCUT2D eigenvalue weighted by Gasteiger charge is -2.37. The van der Waals surface area contributed by atoms with E-state index < -0.39 is 45.0 Å². The third-order valence-corrected chi connectivity index (χ3v) is 19.9. The van der Waals surface area contributed by atoms with Crippen LogP contribution in [0.1, 0.15) is 194 Å². The second-order valence-electron chi connectivity index (χ2n) is 30.1. The van der Waals surface area contributed by atoms with Crippen molar-refractivity contribution in [2.45, 2.75) is 171 Å². The lowest BCUT2D eigenvalue weighted by atomic mass is 9.96. The van der Waals surface area contributed by atoms with E-state index in [1.54, 1.807) is 34.5 Å². The number of aromatic hydroxyl groups is 1. The molecule has 2 N–H and O–H groups in total. The Kier molecular flexibility index (Phi) is 31.9. The van der Waals surface area contributed by atoms with Gasteiger partial charge in [-0.1, -0.05) is 164 Å². The molecule has 0 atom stereocenters. The standard InChI is InChI=1S/C29H34Cl2N6O3.C20H17Cl3N4O.C20H18Cl2N4O2.C9H18N2O2.Cl3OP/c1-16(2)18-9-10-33-21(17(3)4)24(18)37-26-19(15-20(30)25(31)34-26)23(22(32-8)27(37)38)35-11-13-36(14-12-35)28(39)40-29(5,6)7;1-9(2)11-6-7-25-15(10(3)4)17(11)27-19-12(8-13(21)18(23)26-19)14(22)16(24-5)20(27)28;1-9(2)11-6-7-24-14(10(3)4)16(11)26-19-12(8-13(21)18(22)25-19)17(27)15(23-5)20(26)28;1-9(2,3)13-8(12)11-6-4-10-5-7-11;1-5(2,3)4/h9-10,15-17H,11-14H2,1-7H3;6-10H,1-4H3;6-10,27H,1-4H3;10H,4-7H2,1-3H3;. The molecule has 608 valence electrons. The van der Waals surface area contributed by atoms with E-state index in [4.69, 9.17) is 110 Å². The number of aromatic nitrogens is 9. The number of nitrogens with zero attached hydrogens (tertiary/aromatic N) is 15. The van der Waals surface area contributed by atoms with Crippen LogP contribution in [-0.4, -0.2) is 134 Å². The summed E-state index contributed by atoms with van der Waals surface area (Å²) in [5.74, 6) is -0.183. The van der Waals surface area contributed by atoms with Crippen molar-refractivity contribution in [2.24, 2.45) is 0 Å². The zero-order valence-electron chi connectivity index (χ0n) is 66.0. The van der Waals surface area contributed by atoms with E-state index in [1.165, 1.54) is 25.8 Å². The largest absolute Gasteiger partial charge is 0.518 e. The van der Waals surface area contributed by atoms with E-state index in [-0.39, 0.29) is 111 Å². The first-order chi connectivity index (χ1) is 53.1. The SMILES string of the molecule is CC(C)(C)OC(=O)N1CCNCC1.O=P(Cl)(Cl)Cl.[C-]#[N+]c1c(Cl)c2cc(Cl)c(Cl)nc2n(-c2c(C(C)C)ccnc2C(C)C)c1=O.[C-]#[N+]c1c(N2CCN(C(=O)OC(C)(C)C)CC2)c2cc(Cl)c(Cl)nc2n(-c2c(C(C)C)ccnc2C(C)C)c1=O.[C-]#[N+]c1c(O)c2cc(Cl)c(Cl)nc2n(-c2c(C(C)C)ccnc2C(C)C)c1=O. The van der Waals surface area contributed by atoms with Gasteiger partial charge in [0.05, 0.1) is 85.0 Å². The predicted molar refractivity (Wildman–Crippen MR) is 461 cm³/mol. The molecule has 2 saturated heterocycles. The van der Waals surface area contributed by atoms with Gasteiger partial charge in [-0.3, -0.25) is 47.6 Å². The highest BCUT2D eigenvalue weighted by atomic mass is 36.0. The van der Waals surface area contributed by atoms with Gasteiger partial charge in [0.2, 0.25) is 0 Å². The maximum atomic E-state index is 14.2. The molecule has 9 aromatic rings. The summed E-state index contributed by atoms with van der Waals surface area (Å²) < 4.78 is 24.5. The second kappa shape index (κ2) is 39.0. The summed E-state index contributed by atoms with van der Waals surface area (Å²) in [5.41, 5.74) is 4.31. The molecule has 2 aliphatic rings. The van der Waals surface area contributed by atoms with Gasteiger partial charge in [-0.15, -0.1) is 0 Å². The lowest BCUT2D eigenvalue weighted by Crippen LogP contribution is -2.50. The normalized spacial score (nSPS) is 13.2. The van der Waals surface area contributed by atoms with E-state index in [0.717, 1.165) is 54.3 Å². The van der Waals surface area contributed by atoms with Crippen molar-refractivity contribution in [3.05, 3.63) is 190 Å². The van der Waals surface area contributed by atoms with Gasteiger partial charge in [-0.2, -0.15) is 0 Å². The molecule has 9 aromatic heterocycles. The molecule has 2 aliphatic heterocycles. The van der Waals surface area contributed by atoms with Crippen molar-refractivity contribution in [1.29, 1.82) is 0 Å². The topological polar surface area (TPSA) is 268 Å². The molecule has 0 aromatic carbocycles. The van der Waals surface area contributed by atoms with Gasteiger partial charge in [0.1, 0.15) is 43.7 Å². The summed E-state index contributed by atoms with van der Waals surface area (Å²) in [6.45, 7) is 62.8. The summed E-state index contributed by atoms with van der Waals surface area (Å²) in [6.07, 6.45) is 4.58. The number of amides is 2. The molecular weight excluding hydrogens is 1690 g/mol. The zero-order valence-corrected chi connectivity index (χ0v) is 74.4. The Bertz CT molecular complexity index is 5250. The molecule has 25 nitrogen and oxygen atoms in total. The average Bonchev–Trinajstić information content (AvgIpc) is 0.734. The van der Waals surface area contributed by atoms with E-state index in [9.17, 15) is 33.6 Å². The molecule has 11 heterocycles. The molecule has 36 heteroatoms. The van der Waals surface area contributed by atoms with Crippen molar-refractivity contribution < 1.29 is 28.7 Å². The van der Waals surface area contributed by atoms with Gasteiger partial charge in [-0.05, 0) is 164 Å². The number of pyridine rings is 9. The quantitative estimate of drug-likeness (QED) is 0.0732. The Hall–Kier alpha value is -7.77. The van der Waals surface area contributed by atoms with Gasteiger partial charge in [0.15, 0.2) is 5.65 Å². The van der Waals surface area contributed by atoms with E-state index in [2.05, 4.69) is 83.5 Å². The minimum absolute atomic E-state index is 0.00152. The highest BCUT2D eigenvalue weighted by Gasteiger charge is 2.34. The van der Waals surface area contributed by atoms with Crippen LogP contribution in [0.2, 0.25) is 35.5 Å². The van der Waals surface area contributed by atoms with Gasteiger partial charge in [0.25, 0.3) is 33.7 Å². The fourth-order valence-corrected chi connectivity index (χ4v) is 13.5. The molecule has 0 bridgehead atoms. The monoisotopic (exact) mass is 1770 g/mol. The van der Waals surface area contributed by atoms with Crippen molar-refractivity contribution in [3.8, 4) is 22.8 Å². The Balaban J connectivity index is 0.000000217. The molecule has 2 fully saturated rings. The van der Waals surface area contributed by atoms with Crippen LogP contribution in [0.3, 0.4) is 0 Å². The molecule has 2 amide bonds. The number of halogens is 10. The maximum Gasteiger partial charge on any atom is 0.410 e. The predicted octanol–water partition coefficient (Wildman–Crippen LogP) is 22.7. The summed E-state index contributed by atoms with van der Waals surface area (Å²) in [4.78, 5) is 107. The summed E-state index contributed by atoms with van der Waals surface area (Å²) >= 11 is 57.5. The fourth-order valence-electron chi connectivity index (χ4n) is 12.4. The lowest BCUT2D eigenvalue weighted by molar-refractivity contribution is 0.0223. The van der Waals surface area contributed by atoms with Crippen LogP contribution in [0.5, 0.6) is 5.75 Å². The summed E-state index contributed by atoms with van der Waals surface area (Å²) in [7, 11) is 0. The Morgan fingerprint density at radius 2 is 0.781 bits per heavy atom. The van der Waals surface area contributed by atoms with Gasteiger partial charge in [0, 0.05) is 81.7 Å². The number of carbonyl (C=O) groups is 2. The van der Waals surface area contributed by atoms with E-state index in [1.807, 2.05) is 148 Å². The van der Waals surface area contributed by atoms with Crippen LogP contribution in [0.25, 0.3) is 64.7 Å². The van der Waals surface area contributed by atoms with E-state index in [0.29, 0.717) is 71.0 Å². The van der Waals surface area contributed by atoms with Crippen LogP contribution in [0.15, 0.2) is 69.4 Å². The van der Waals surface area contributed by atoms with Crippen LogP contribution in [-0.2, 0) is 14.0 Å². The third kappa shape index (κ3) is 22.1. The van der Waals surface area contributed by atoms with Crippen LogP contribution in [0, 0.1) is 19.7 Å². The molecule has 0 radical (unpaired) electrons. The Morgan fingerprint density at radius 1 is 0.474 bits per heavy atom. The number of carbonyl (C=O) groups excluding carboxylic acids is 2. The molecule has 0 unspecified atom stereocenters. The van der Waals surface area contributed by atoms with Crippen LogP contribution in [0.4, 0.5) is 32.3 Å². The molecule has 114 heavy (non-hydrogen) atoms.